The topological polar surface area (TPSA) is 53.7 Å². The lowest BCUT2D eigenvalue weighted by atomic mass is 10.2. The van der Waals surface area contributed by atoms with E-state index in [4.69, 9.17) is 4.42 Å². The van der Waals surface area contributed by atoms with Crippen molar-refractivity contribution in [3.63, 3.8) is 0 Å². The van der Waals surface area contributed by atoms with Crippen LogP contribution < -0.4 is 0 Å². The lowest BCUT2D eigenvalue weighted by Gasteiger charge is -2.16. The van der Waals surface area contributed by atoms with Gasteiger partial charge in [-0.1, -0.05) is 15.9 Å². The number of phenolic OH excluding ortho intramolecular Hbond substituents is 1. The zero-order chi connectivity index (χ0) is 13.1. The standard InChI is InChI=1S/C13H12BrNO3/c1-15(8-10-3-2-6-18-10)13(17)11-7-9(14)4-5-12(11)16/h2-7,16H,8H2,1H3. The Balaban J connectivity index is 2.17. The molecular weight excluding hydrogens is 298 g/mol. The van der Waals surface area contributed by atoms with Crippen molar-refractivity contribution < 1.29 is 14.3 Å². The summed E-state index contributed by atoms with van der Waals surface area (Å²) < 4.78 is 5.92. The van der Waals surface area contributed by atoms with Gasteiger partial charge in [0.25, 0.3) is 5.91 Å². The van der Waals surface area contributed by atoms with Crippen LogP contribution in [0.4, 0.5) is 0 Å². The lowest BCUT2D eigenvalue weighted by Crippen LogP contribution is -2.26. The van der Waals surface area contributed by atoms with Crippen molar-refractivity contribution in [3.05, 3.63) is 52.4 Å². The summed E-state index contributed by atoms with van der Waals surface area (Å²) >= 11 is 3.27. The van der Waals surface area contributed by atoms with Crippen molar-refractivity contribution in [2.75, 3.05) is 7.05 Å². The van der Waals surface area contributed by atoms with Crippen LogP contribution in [0.5, 0.6) is 5.75 Å². The molecule has 0 spiro atoms. The van der Waals surface area contributed by atoms with Crippen LogP contribution >= 0.6 is 15.9 Å². The van der Waals surface area contributed by atoms with Gasteiger partial charge in [-0.2, -0.15) is 0 Å². The average Bonchev–Trinajstić information content (AvgIpc) is 2.84. The molecule has 0 unspecified atom stereocenters. The van der Waals surface area contributed by atoms with Crippen LogP contribution in [0.1, 0.15) is 16.1 Å². The Kier molecular flexibility index (Phi) is 3.72. The Morgan fingerprint density at radius 2 is 2.22 bits per heavy atom. The van der Waals surface area contributed by atoms with Crippen LogP contribution in [0.25, 0.3) is 0 Å². The fourth-order valence-corrected chi connectivity index (χ4v) is 1.95. The third-order valence-electron chi connectivity index (χ3n) is 2.51. The van der Waals surface area contributed by atoms with Crippen molar-refractivity contribution >= 4 is 21.8 Å². The molecule has 0 aliphatic carbocycles. The van der Waals surface area contributed by atoms with Crippen molar-refractivity contribution in [1.29, 1.82) is 0 Å². The molecule has 0 saturated carbocycles. The van der Waals surface area contributed by atoms with E-state index in [-0.39, 0.29) is 17.2 Å². The maximum atomic E-state index is 12.1. The maximum Gasteiger partial charge on any atom is 0.257 e. The second kappa shape index (κ2) is 5.27. The number of rotatable bonds is 3. The minimum atomic E-state index is -0.259. The highest BCUT2D eigenvalue weighted by atomic mass is 79.9. The second-order valence-electron chi connectivity index (χ2n) is 3.90. The van der Waals surface area contributed by atoms with Gasteiger partial charge in [-0.3, -0.25) is 4.79 Å². The smallest absolute Gasteiger partial charge is 0.257 e. The maximum absolute atomic E-state index is 12.1. The molecule has 0 aliphatic heterocycles. The van der Waals surface area contributed by atoms with Gasteiger partial charge in [0.15, 0.2) is 0 Å². The van der Waals surface area contributed by atoms with Crippen LogP contribution in [-0.4, -0.2) is 23.0 Å². The van der Waals surface area contributed by atoms with E-state index in [1.165, 1.54) is 11.0 Å². The van der Waals surface area contributed by atoms with Gasteiger partial charge in [-0.05, 0) is 30.3 Å². The van der Waals surface area contributed by atoms with E-state index in [2.05, 4.69) is 15.9 Å². The van der Waals surface area contributed by atoms with E-state index in [0.29, 0.717) is 12.3 Å². The molecule has 0 atom stereocenters. The highest BCUT2D eigenvalue weighted by Gasteiger charge is 2.17. The Labute approximate surface area is 113 Å². The molecule has 2 rings (SSSR count). The molecule has 1 aromatic carbocycles. The Bertz CT molecular complexity index is 551. The van der Waals surface area contributed by atoms with E-state index < -0.39 is 0 Å². The van der Waals surface area contributed by atoms with Crippen LogP contribution in [0.2, 0.25) is 0 Å². The van der Waals surface area contributed by atoms with Gasteiger partial charge in [0.05, 0.1) is 18.4 Å². The van der Waals surface area contributed by atoms with E-state index in [1.54, 1.807) is 37.6 Å². The SMILES string of the molecule is CN(Cc1ccco1)C(=O)c1cc(Br)ccc1O. The second-order valence-corrected chi connectivity index (χ2v) is 4.82. The first-order valence-corrected chi connectivity index (χ1v) is 6.13. The Morgan fingerprint density at radius 1 is 1.44 bits per heavy atom. The summed E-state index contributed by atoms with van der Waals surface area (Å²) in [6.45, 7) is 0.359. The molecule has 1 N–H and O–H groups in total. The van der Waals surface area contributed by atoms with Gasteiger partial charge in [0.2, 0.25) is 0 Å². The number of nitrogens with zero attached hydrogens (tertiary/aromatic N) is 1. The van der Waals surface area contributed by atoms with Gasteiger partial charge >= 0.3 is 0 Å². The molecule has 5 heteroatoms. The number of carbonyl (C=O) groups is 1. The van der Waals surface area contributed by atoms with Crippen LogP contribution in [0.3, 0.4) is 0 Å². The molecule has 94 valence electrons. The molecule has 0 bridgehead atoms. The predicted octanol–water partition coefficient (Wildman–Crippen LogP) is 3.02. The summed E-state index contributed by atoms with van der Waals surface area (Å²) in [7, 11) is 1.66. The van der Waals surface area contributed by atoms with E-state index in [0.717, 1.165) is 4.47 Å². The third-order valence-corrected chi connectivity index (χ3v) is 3.00. The quantitative estimate of drug-likeness (QED) is 0.948. The summed E-state index contributed by atoms with van der Waals surface area (Å²) in [5.74, 6) is 0.403. The number of hydrogen-bond donors (Lipinski definition) is 1. The number of halogens is 1. The van der Waals surface area contributed by atoms with Gasteiger partial charge in [-0.25, -0.2) is 0 Å². The first kappa shape index (κ1) is 12.7. The average molecular weight is 310 g/mol. The summed E-state index contributed by atoms with van der Waals surface area (Å²) in [5.41, 5.74) is 0.262. The summed E-state index contributed by atoms with van der Waals surface area (Å²) in [6, 6.07) is 8.32. The fourth-order valence-electron chi connectivity index (χ4n) is 1.59. The van der Waals surface area contributed by atoms with E-state index in [1.807, 2.05) is 0 Å². The molecule has 1 amide bonds. The van der Waals surface area contributed by atoms with Crippen LogP contribution in [0, 0.1) is 0 Å². The van der Waals surface area contributed by atoms with Crippen LogP contribution in [0.15, 0.2) is 45.5 Å². The largest absolute Gasteiger partial charge is 0.507 e. The monoisotopic (exact) mass is 309 g/mol. The number of furan rings is 1. The van der Waals surface area contributed by atoms with Gasteiger partial charge in [0.1, 0.15) is 11.5 Å². The van der Waals surface area contributed by atoms with E-state index in [9.17, 15) is 9.90 Å². The highest BCUT2D eigenvalue weighted by Crippen LogP contribution is 2.23. The van der Waals surface area contributed by atoms with Gasteiger partial charge in [-0.15, -0.1) is 0 Å². The van der Waals surface area contributed by atoms with Crippen molar-refractivity contribution in [1.82, 2.24) is 4.90 Å². The molecule has 1 aromatic heterocycles. The van der Waals surface area contributed by atoms with Gasteiger partial charge < -0.3 is 14.4 Å². The van der Waals surface area contributed by atoms with Crippen molar-refractivity contribution in [2.45, 2.75) is 6.54 Å². The number of benzene rings is 1. The lowest BCUT2D eigenvalue weighted by molar-refractivity contribution is 0.0772. The Morgan fingerprint density at radius 3 is 2.89 bits per heavy atom. The molecule has 1 heterocycles. The van der Waals surface area contributed by atoms with Crippen molar-refractivity contribution in [2.24, 2.45) is 0 Å². The minimum Gasteiger partial charge on any atom is -0.507 e. The minimum absolute atomic E-state index is 0.0329. The first-order chi connectivity index (χ1) is 8.58. The fraction of sp³-hybridized carbons (Fsp3) is 0.154. The van der Waals surface area contributed by atoms with Gasteiger partial charge in [0, 0.05) is 11.5 Å². The highest BCUT2D eigenvalue weighted by molar-refractivity contribution is 9.10. The molecule has 4 nitrogen and oxygen atoms in total. The zero-order valence-corrected chi connectivity index (χ0v) is 11.3. The molecule has 0 fully saturated rings. The van der Waals surface area contributed by atoms with Crippen molar-refractivity contribution in [3.8, 4) is 5.75 Å². The number of aromatic hydroxyl groups is 1. The zero-order valence-electron chi connectivity index (χ0n) is 9.76. The molecular formula is C13H12BrNO3. The molecule has 18 heavy (non-hydrogen) atoms. The predicted molar refractivity (Wildman–Crippen MR) is 70.3 cm³/mol. The normalized spacial score (nSPS) is 10.3. The number of carbonyl (C=O) groups excluding carboxylic acids is 1. The summed E-state index contributed by atoms with van der Waals surface area (Å²) in [5, 5.41) is 9.69. The molecule has 2 aromatic rings. The molecule has 0 saturated heterocycles. The Hall–Kier alpha value is -1.75. The van der Waals surface area contributed by atoms with E-state index >= 15 is 0 Å². The first-order valence-electron chi connectivity index (χ1n) is 5.34. The van der Waals surface area contributed by atoms with Crippen LogP contribution in [-0.2, 0) is 6.54 Å². The number of phenols is 1. The number of hydrogen-bond acceptors (Lipinski definition) is 3. The third kappa shape index (κ3) is 2.73. The number of amides is 1. The molecule has 0 aliphatic rings. The summed E-state index contributed by atoms with van der Waals surface area (Å²) in [6.07, 6.45) is 1.56. The summed E-state index contributed by atoms with van der Waals surface area (Å²) in [4.78, 5) is 13.6. The molecule has 0 radical (unpaired) electrons.